The highest BCUT2D eigenvalue weighted by molar-refractivity contribution is 5.86. The van der Waals surface area contributed by atoms with E-state index in [-0.39, 0.29) is 22.4 Å². The van der Waals surface area contributed by atoms with Crippen molar-refractivity contribution in [3.05, 3.63) is 101 Å². The van der Waals surface area contributed by atoms with E-state index >= 15 is 8.78 Å². The second kappa shape index (κ2) is 22.0. The van der Waals surface area contributed by atoms with E-state index in [0.29, 0.717) is 48.7 Å². The van der Waals surface area contributed by atoms with Crippen molar-refractivity contribution in [3.8, 4) is 23.1 Å². The van der Waals surface area contributed by atoms with Crippen molar-refractivity contribution >= 4 is 23.7 Å². The first-order chi connectivity index (χ1) is 34.3. The van der Waals surface area contributed by atoms with Gasteiger partial charge in [0.25, 0.3) is 5.91 Å². The zero-order valence-corrected chi connectivity index (χ0v) is 40.8. The lowest BCUT2D eigenvalue weighted by Gasteiger charge is -2.47. The highest BCUT2D eigenvalue weighted by Crippen LogP contribution is 2.41. The number of anilines is 1. The van der Waals surface area contributed by atoms with Crippen LogP contribution in [0.15, 0.2) is 67.0 Å². The van der Waals surface area contributed by atoms with Crippen LogP contribution in [0.4, 0.5) is 41.3 Å². The van der Waals surface area contributed by atoms with Gasteiger partial charge in [0.1, 0.15) is 23.5 Å². The fourth-order valence-corrected chi connectivity index (χ4v) is 9.11. The lowest BCUT2D eigenvalue weighted by atomic mass is 9.82. The van der Waals surface area contributed by atoms with Crippen molar-refractivity contribution in [2.24, 2.45) is 16.6 Å². The summed E-state index contributed by atoms with van der Waals surface area (Å²) in [5.41, 5.74) is 5.36. The normalized spacial score (nSPS) is 19.2. The quantitative estimate of drug-likeness (QED) is 0.0436. The van der Waals surface area contributed by atoms with Crippen LogP contribution in [-0.4, -0.2) is 134 Å². The number of nitrogens with one attached hydrogen (secondary N) is 3. The average Bonchev–Trinajstić information content (AvgIpc) is 3.89. The molecule has 3 aliphatic rings. The monoisotopic (exact) mass is 1030 g/mol. The number of pyridine rings is 1. The van der Waals surface area contributed by atoms with Gasteiger partial charge in [-0.2, -0.15) is 27.1 Å². The largest absolute Gasteiger partial charge is 0.465 e. The zero-order chi connectivity index (χ0) is 53.2. The number of hydrazine groups is 1. The van der Waals surface area contributed by atoms with Crippen LogP contribution in [0.25, 0.3) is 11.3 Å². The number of fused-ring (bicyclic) bond motifs is 2. The number of carbonyl (C=O) groups is 3. The van der Waals surface area contributed by atoms with Gasteiger partial charge in [0, 0.05) is 72.9 Å². The molecule has 16 nitrogen and oxygen atoms in total. The van der Waals surface area contributed by atoms with Gasteiger partial charge in [0.05, 0.1) is 48.6 Å². The summed E-state index contributed by atoms with van der Waals surface area (Å²) in [7, 11) is 0. The van der Waals surface area contributed by atoms with Crippen LogP contribution in [0.2, 0.25) is 0 Å². The smallest absolute Gasteiger partial charge is 0.405 e. The Bertz CT molecular complexity index is 2630. The van der Waals surface area contributed by atoms with Crippen molar-refractivity contribution in [2.45, 2.75) is 116 Å². The molecular weight excluding hydrogens is 970 g/mol. The van der Waals surface area contributed by atoms with Gasteiger partial charge in [-0.3, -0.25) is 19.9 Å². The van der Waals surface area contributed by atoms with Crippen LogP contribution in [0, 0.1) is 34.3 Å². The van der Waals surface area contributed by atoms with Gasteiger partial charge in [-0.05, 0) is 86.6 Å². The van der Waals surface area contributed by atoms with Crippen molar-refractivity contribution in [3.63, 3.8) is 0 Å². The number of carbonyl (C=O) groups excluding carboxylic acids is 2. The number of ether oxygens (including phenoxy) is 1. The molecule has 5 heterocycles. The van der Waals surface area contributed by atoms with Gasteiger partial charge in [-0.1, -0.05) is 44.7 Å². The molecule has 3 saturated heterocycles. The van der Waals surface area contributed by atoms with Crippen LogP contribution in [0.1, 0.15) is 76.3 Å². The van der Waals surface area contributed by atoms with Gasteiger partial charge in [-0.15, -0.1) is 0 Å². The number of piperazine rings is 1. The maximum Gasteiger partial charge on any atom is 0.405 e. The first-order valence-corrected chi connectivity index (χ1v) is 23.6. The molecule has 4 aromatic rings. The van der Waals surface area contributed by atoms with Crippen molar-refractivity contribution < 1.29 is 60.1 Å². The molecule has 2 aromatic carbocycles. The molecule has 394 valence electrons. The highest BCUT2D eigenvalue weighted by atomic mass is 19.4. The number of nitrogens with two attached hydrogens (primary N) is 1. The van der Waals surface area contributed by atoms with E-state index in [9.17, 15) is 46.5 Å². The summed E-state index contributed by atoms with van der Waals surface area (Å²) in [6.07, 6.45) is -4.35. The molecule has 2 aromatic heterocycles. The molecular formula is C50H59F7N10O6. The third-order valence-electron chi connectivity index (χ3n) is 13.7. The summed E-state index contributed by atoms with van der Waals surface area (Å²) in [5, 5.41) is 30.0. The van der Waals surface area contributed by atoms with E-state index in [4.69, 9.17) is 15.5 Å². The number of nitrogens with zero attached hydrogens (tertiary/aromatic N) is 6. The Labute approximate surface area is 417 Å². The van der Waals surface area contributed by atoms with Crippen molar-refractivity contribution in [2.75, 3.05) is 37.7 Å². The summed E-state index contributed by atoms with van der Waals surface area (Å²) in [5.74, 6) is 2.27. The van der Waals surface area contributed by atoms with Crippen LogP contribution in [-0.2, 0) is 27.3 Å². The van der Waals surface area contributed by atoms with E-state index in [2.05, 4.69) is 37.5 Å². The van der Waals surface area contributed by atoms with Gasteiger partial charge in [-0.25, -0.2) is 28.3 Å². The lowest BCUT2D eigenvalue weighted by Crippen LogP contribution is -2.62. The minimum atomic E-state index is -5.11. The lowest BCUT2D eigenvalue weighted by molar-refractivity contribution is -0.220. The Hall–Kier alpha value is -6.32. The number of halogens is 7. The topological polar surface area (TPSA) is 203 Å². The molecule has 0 radical (unpaired) electrons. The van der Waals surface area contributed by atoms with Crippen molar-refractivity contribution in [1.29, 1.82) is 0 Å². The highest BCUT2D eigenvalue weighted by Gasteiger charge is 2.56. The molecule has 7 N–H and O–H groups in total. The second-order valence-corrected chi connectivity index (χ2v) is 20.3. The van der Waals surface area contributed by atoms with Gasteiger partial charge >= 0.3 is 18.8 Å². The van der Waals surface area contributed by atoms with E-state index in [1.54, 1.807) is 56.6 Å². The minimum Gasteiger partial charge on any atom is -0.465 e. The Morgan fingerprint density at radius 2 is 1.51 bits per heavy atom. The third kappa shape index (κ3) is 12.9. The number of aliphatic hydroxyl groups is 1. The first kappa shape index (κ1) is 54.5. The number of aromatic nitrogens is 3. The maximum absolute atomic E-state index is 15.8. The number of amides is 3. The van der Waals surface area contributed by atoms with Crippen molar-refractivity contribution in [1.82, 2.24) is 40.7 Å². The Morgan fingerprint density at radius 3 is 2.03 bits per heavy atom. The van der Waals surface area contributed by atoms with Gasteiger partial charge < -0.3 is 36.2 Å². The Morgan fingerprint density at radius 1 is 0.890 bits per heavy atom. The van der Waals surface area contributed by atoms with Crippen LogP contribution >= 0.6 is 0 Å². The number of hydrogen-bond acceptors (Lipinski definition) is 11. The summed E-state index contributed by atoms with van der Waals surface area (Å²) in [6.45, 7) is 4.89. The maximum atomic E-state index is 15.8. The molecule has 7 rings (SSSR count). The van der Waals surface area contributed by atoms with Gasteiger partial charge in [0.2, 0.25) is 5.91 Å². The second-order valence-electron chi connectivity index (χ2n) is 20.3. The summed E-state index contributed by atoms with van der Waals surface area (Å²) < 4.78 is 107. The molecule has 2 unspecified atom stereocenters. The molecule has 73 heavy (non-hydrogen) atoms. The van der Waals surface area contributed by atoms with Gasteiger partial charge in [0.15, 0.2) is 0 Å². The molecule has 0 aliphatic carbocycles. The third-order valence-corrected chi connectivity index (χ3v) is 13.7. The number of alkyl halides is 5. The minimum absolute atomic E-state index is 0.182. The van der Waals surface area contributed by atoms with Crippen LogP contribution < -0.4 is 26.7 Å². The average molecular weight is 1030 g/mol. The number of carboxylic acid groups (broad SMARTS) is 1. The van der Waals surface area contributed by atoms with Crippen LogP contribution in [0.3, 0.4) is 0 Å². The molecule has 0 spiro atoms. The SMILES string of the molecule is CC(C)(C)[C@H](N)C(=O)NN(Cc1c(F)cc(-c2ccn(C(F)F)n2)cc1F)C[C@H](O)[C@H](Cc1ccc(C#Cc2ccc(N3CC4CCC(C3)N4C3COC3)nc2)cc1)NC(=O)[C@@H](NC(=O)O)C(C)(C)C(F)(F)F. The number of benzene rings is 2. The standard InChI is InChI=1S/C50H59F7N10O6/c1-48(2,3)42(58)44(69)63-65(24-35-36(51)19-31(20-37(35)52)38-16-17-66(62-38)46(53)54)25-40(68)39(60-45(70)43(61-47(71)72)49(4,5)50(55,56)57)18-29-9-6-28(7-10-29)8-11-30-12-15-41(59-21-30)64-22-32-13-14-33(23-64)67(32)34-26-73-27-34/h6-7,9-10,12,15-17,19-21,32-34,39-40,42-43,46,61,68H,13-14,18,22-27,58H2,1-5H3,(H,60,70)(H,63,69)(H,71,72)/t32?,33?,39-,40-,42+,43+/m0/s1. The molecule has 2 bridgehead atoms. The number of rotatable bonds is 17. The zero-order valence-electron chi connectivity index (χ0n) is 40.8. The fourth-order valence-electron chi connectivity index (χ4n) is 9.11. The molecule has 23 heteroatoms. The number of hydrogen-bond donors (Lipinski definition) is 6. The molecule has 6 atom stereocenters. The molecule has 0 saturated carbocycles. The predicted octanol–water partition coefficient (Wildman–Crippen LogP) is 5.59. The molecule has 3 fully saturated rings. The first-order valence-electron chi connectivity index (χ1n) is 23.6. The van der Waals surface area contributed by atoms with E-state index in [0.717, 1.165) is 74.4 Å². The van der Waals surface area contributed by atoms with E-state index in [1.165, 1.54) is 0 Å². The molecule has 3 aliphatic heterocycles. The summed E-state index contributed by atoms with van der Waals surface area (Å²) in [4.78, 5) is 48.7. The Balaban J connectivity index is 1.12. The predicted molar refractivity (Wildman–Crippen MR) is 253 cm³/mol. The number of aliphatic hydroxyl groups excluding tert-OH is 1. The Kier molecular flexibility index (Phi) is 16.4. The van der Waals surface area contributed by atoms with Crippen LogP contribution in [0.5, 0.6) is 0 Å². The van der Waals surface area contributed by atoms with E-state index in [1.807, 2.05) is 12.1 Å². The fraction of sp³-hybridized carbons (Fsp3) is 0.500. The van der Waals surface area contributed by atoms with E-state index < -0.39 is 96.0 Å². The molecule has 3 amide bonds. The summed E-state index contributed by atoms with van der Waals surface area (Å²) >= 11 is 0. The summed E-state index contributed by atoms with van der Waals surface area (Å²) in [6, 6.07) is 9.20.